The third-order valence-corrected chi connectivity index (χ3v) is 11.5. The summed E-state index contributed by atoms with van der Waals surface area (Å²) < 4.78 is 0. The summed E-state index contributed by atoms with van der Waals surface area (Å²) in [7, 11) is 0. The van der Waals surface area contributed by atoms with E-state index in [1.807, 2.05) is 13.8 Å². The van der Waals surface area contributed by atoms with E-state index in [9.17, 15) is 20.1 Å². The fraction of sp³-hybridized carbons (Fsp3) is 0.828. The molecule has 186 valence electrons. The van der Waals surface area contributed by atoms with Crippen LogP contribution in [0.3, 0.4) is 0 Å². The number of hydrogen-bond acceptors (Lipinski definition) is 4. The van der Waals surface area contributed by atoms with Crippen LogP contribution in [0.15, 0.2) is 23.3 Å². The molecule has 0 aliphatic heterocycles. The van der Waals surface area contributed by atoms with Crippen molar-refractivity contribution in [1.29, 1.82) is 0 Å². The van der Waals surface area contributed by atoms with Crippen LogP contribution in [-0.4, -0.2) is 39.9 Å². The first-order valence-electron chi connectivity index (χ1n) is 13.2. The zero-order valence-corrected chi connectivity index (χ0v) is 21.7. The Bertz CT molecular complexity index is 860. The van der Waals surface area contributed by atoms with Gasteiger partial charge in [0.15, 0.2) is 0 Å². The lowest BCUT2D eigenvalue weighted by Gasteiger charge is -2.69. The maximum atomic E-state index is 11.7. The van der Waals surface area contributed by atoms with Gasteiger partial charge < -0.3 is 15.3 Å². The molecule has 0 saturated heterocycles. The molecule has 3 N–H and O–H groups in total. The highest BCUT2D eigenvalue weighted by molar-refractivity contribution is 5.77. The molecular formula is C29H46O4. The van der Waals surface area contributed by atoms with Crippen LogP contribution >= 0.6 is 0 Å². The molecule has 0 aromatic rings. The summed E-state index contributed by atoms with van der Waals surface area (Å²) in [6, 6.07) is 0. The Balaban J connectivity index is 1.66. The zero-order valence-electron chi connectivity index (χ0n) is 21.7. The highest BCUT2D eigenvalue weighted by atomic mass is 16.3. The highest BCUT2D eigenvalue weighted by Gasteiger charge is 2.67. The lowest BCUT2D eigenvalue weighted by molar-refractivity contribution is -0.239. The van der Waals surface area contributed by atoms with Gasteiger partial charge in [-0.05, 0) is 91.9 Å². The summed E-state index contributed by atoms with van der Waals surface area (Å²) in [4.78, 5) is 11.7. The number of carbonyl (C=O) groups is 1. The van der Waals surface area contributed by atoms with Crippen molar-refractivity contribution in [3.05, 3.63) is 23.3 Å². The SMILES string of the molecule is CC(=O)C(C)CCC1=CC2=CCC3[C@@]4(C)C[C@@H](O)[C@H](O)[C@@](C)(CO)C4CC[C@@]3(C)[C@]2(C)CC1. The number of rotatable bonds is 5. The van der Waals surface area contributed by atoms with E-state index < -0.39 is 17.6 Å². The van der Waals surface area contributed by atoms with Crippen molar-refractivity contribution in [3.63, 3.8) is 0 Å². The van der Waals surface area contributed by atoms with Crippen molar-refractivity contribution in [2.45, 2.75) is 105 Å². The van der Waals surface area contributed by atoms with Gasteiger partial charge >= 0.3 is 0 Å². The zero-order chi connectivity index (χ0) is 24.4. The normalized spacial score (nSPS) is 48.0. The smallest absolute Gasteiger partial charge is 0.132 e. The highest BCUT2D eigenvalue weighted by Crippen LogP contribution is 2.72. The Labute approximate surface area is 200 Å². The average molecular weight is 459 g/mol. The molecule has 4 rings (SSSR count). The van der Waals surface area contributed by atoms with Gasteiger partial charge in [-0.25, -0.2) is 0 Å². The summed E-state index contributed by atoms with van der Waals surface area (Å²) in [6.45, 7) is 12.9. The molecule has 33 heavy (non-hydrogen) atoms. The number of hydrogen-bond donors (Lipinski definition) is 3. The minimum absolute atomic E-state index is 0.0853. The summed E-state index contributed by atoms with van der Waals surface area (Å²) in [6.07, 6.45) is 11.1. The molecule has 0 aromatic heterocycles. The number of aliphatic hydroxyl groups is 3. The molecule has 0 radical (unpaired) electrons. The van der Waals surface area contributed by atoms with Gasteiger partial charge in [-0.2, -0.15) is 0 Å². The van der Waals surface area contributed by atoms with Crippen LogP contribution < -0.4 is 0 Å². The summed E-state index contributed by atoms with van der Waals surface area (Å²) in [5, 5.41) is 32.1. The van der Waals surface area contributed by atoms with E-state index in [1.165, 1.54) is 11.1 Å². The second kappa shape index (κ2) is 8.31. The summed E-state index contributed by atoms with van der Waals surface area (Å²) in [5.74, 6) is 1.03. The largest absolute Gasteiger partial charge is 0.396 e. The third-order valence-electron chi connectivity index (χ3n) is 11.5. The number of allylic oxidation sites excluding steroid dienone is 4. The number of carbonyl (C=O) groups excluding carboxylic acids is 1. The average Bonchev–Trinajstić information content (AvgIpc) is 2.76. The van der Waals surface area contributed by atoms with E-state index in [0.29, 0.717) is 12.3 Å². The Morgan fingerprint density at radius 1 is 1.15 bits per heavy atom. The predicted molar refractivity (Wildman–Crippen MR) is 131 cm³/mol. The minimum Gasteiger partial charge on any atom is -0.396 e. The topological polar surface area (TPSA) is 77.8 Å². The van der Waals surface area contributed by atoms with Crippen LogP contribution in [0, 0.1) is 39.4 Å². The molecule has 2 fully saturated rings. The van der Waals surface area contributed by atoms with E-state index in [0.717, 1.165) is 44.9 Å². The van der Waals surface area contributed by atoms with Gasteiger partial charge in [0.2, 0.25) is 0 Å². The maximum absolute atomic E-state index is 11.7. The summed E-state index contributed by atoms with van der Waals surface area (Å²) >= 11 is 0. The van der Waals surface area contributed by atoms with Crippen molar-refractivity contribution < 1.29 is 20.1 Å². The van der Waals surface area contributed by atoms with E-state index in [1.54, 1.807) is 6.92 Å². The van der Waals surface area contributed by atoms with Gasteiger partial charge in [0.05, 0.1) is 18.8 Å². The van der Waals surface area contributed by atoms with E-state index in [-0.39, 0.29) is 40.5 Å². The van der Waals surface area contributed by atoms with Crippen LogP contribution in [0.25, 0.3) is 0 Å². The van der Waals surface area contributed by atoms with Crippen molar-refractivity contribution in [2.75, 3.05) is 6.61 Å². The van der Waals surface area contributed by atoms with Crippen LogP contribution in [0.1, 0.15) is 92.9 Å². The van der Waals surface area contributed by atoms with Crippen LogP contribution in [0.5, 0.6) is 0 Å². The third kappa shape index (κ3) is 3.53. The second-order valence-corrected chi connectivity index (χ2v) is 13.0. The lowest BCUT2D eigenvalue weighted by atomic mass is 9.35. The molecule has 0 bridgehead atoms. The Kier molecular flexibility index (Phi) is 6.33. The lowest BCUT2D eigenvalue weighted by Crippen LogP contribution is -2.67. The fourth-order valence-corrected chi connectivity index (χ4v) is 8.84. The molecule has 4 aliphatic carbocycles. The van der Waals surface area contributed by atoms with Gasteiger partial charge in [0.25, 0.3) is 0 Å². The van der Waals surface area contributed by atoms with E-state index >= 15 is 0 Å². The molecule has 3 unspecified atom stereocenters. The van der Waals surface area contributed by atoms with Crippen molar-refractivity contribution in [1.82, 2.24) is 0 Å². The fourth-order valence-electron chi connectivity index (χ4n) is 8.84. The van der Waals surface area contributed by atoms with Crippen LogP contribution in [0.4, 0.5) is 0 Å². The quantitative estimate of drug-likeness (QED) is 0.528. The molecule has 0 amide bonds. The minimum atomic E-state index is -0.868. The van der Waals surface area contributed by atoms with Crippen molar-refractivity contribution in [3.8, 4) is 0 Å². The number of ketones is 1. The Morgan fingerprint density at radius 3 is 2.48 bits per heavy atom. The molecule has 0 aromatic carbocycles. The molecule has 4 aliphatic rings. The first-order chi connectivity index (χ1) is 15.3. The van der Waals surface area contributed by atoms with Crippen molar-refractivity contribution >= 4 is 5.78 Å². The van der Waals surface area contributed by atoms with E-state index in [2.05, 4.69) is 32.9 Å². The van der Waals surface area contributed by atoms with Crippen molar-refractivity contribution in [2.24, 2.45) is 39.4 Å². The molecule has 4 heteroatoms. The molecule has 9 atom stereocenters. The standard InChI is InChI=1S/C29H46O4/c1-18(19(2)31)7-8-20-11-13-28(5)21(15-20)9-10-24-26(3)16-22(32)25(33)27(4,17-30)23(26)12-14-29(24,28)6/h9,15,18,22-25,30,32-33H,7-8,10-14,16-17H2,1-6H3/t18?,22-,23?,24?,25+,26+,27+,28-,29-/m1/s1. The number of aliphatic hydroxyl groups excluding tert-OH is 3. The number of fused-ring (bicyclic) bond motifs is 5. The van der Waals surface area contributed by atoms with Gasteiger partial charge in [-0.3, -0.25) is 4.79 Å². The first-order valence-corrected chi connectivity index (χ1v) is 13.2. The second-order valence-electron chi connectivity index (χ2n) is 13.0. The first kappa shape index (κ1) is 25.1. The molecule has 4 nitrogen and oxygen atoms in total. The van der Waals surface area contributed by atoms with Gasteiger partial charge in [0.1, 0.15) is 5.78 Å². The molecule has 0 spiro atoms. The van der Waals surface area contributed by atoms with Gasteiger partial charge in [-0.15, -0.1) is 0 Å². The number of Topliss-reactive ketones (excluding diaryl/α,β-unsaturated/α-hetero) is 1. The summed E-state index contributed by atoms with van der Waals surface area (Å²) in [5.41, 5.74) is 2.39. The van der Waals surface area contributed by atoms with Gasteiger partial charge in [-0.1, -0.05) is 52.3 Å². The molecule has 2 saturated carbocycles. The molecular weight excluding hydrogens is 412 g/mol. The van der Waals surface area contributed by atoms with Crippen LogP contribution in [0.2, 0.25) is 0 Å². The Morgan fingerprint density at radius 2 is 1.85 bits per heavy atom. The molecule has 0 heterocycles. The van der Waals surface area contributed by atoms with Crippen LogP contribution in [-0.2, 0) is 4.79 Å². The van der Waals surface area contributed by atoms with E-state index in [4.69, 9.17) is 0 Å². The van der Waals surface area contributed by atoms with Gasteiger partial charge in [0, 0.05) is 11.3 Å². The predicted octanol–water partition coefficient (Wildman–Crippen LogP) is 5.21. The maximum Gasteiger partial charge on any atom is 0.132 e. The Hall–Kier alpha value is -0.970. The monoisotopic (exact) mass is 458 g/mol.